The molecule has 0 aromatic heterocycles. The van der Waals surface area contributed by atoms with Gasteiger partial charge in [0.15, 0.2) is 0 Å². The third-order valence-electron chi connectivity index (χ3n) is 3.18. The van der Waals surface area contributed by atoms with Gasteiger partial charge in [-0.1, -0.05) is 55.9 Å². The number of rotatable bonds is 9. The van der Waals surface area contributed by atoms with Crippen molar-refractivity contribution in [3.8, 4) is 0 Å². The van der Waals surface area contributed by atoms with E-state index in [1.807, 2.05) is 18.2 Å². The first-order chi connectivity index (χ1) is 9.88. The summed E-state index contributed by atoms with van der Waals surface area (Å²) in [6.45, 7) is 6.04. The summed E-state index contributed by atoms with van der Waals surface area (Å²) >= 11 is 0.0791. The first-order valence-corrected chi connectivity index (χ1v) is 8.33. The van der Waals surface area contributed by atoms with Crippen molar-refractivity contribution in [2.45, 2.75) is 38.1 Å². The van der Waals surface area contributed by atoms with Crippen molar-refractivity contribution < 1.29 is 13.2 Å². The zero-order valence-corrected chi connectivity index (χ0v) is 13.4. The summed E-state index contributed by atoms with van der Waals surface area (Å²) in [5.41, 5.74) is -2.91. The highest BCUT2D eigenvalue weighted by Gasteiger charge is 2.27. The van der Waals surface area contributed by atoms with Gasteiger partial charge in [-0.2, -0.15) is 13.2 Å². The summed E-state index contributed by atoms with van der Waals surface area (Å²) in [6.07, 6.45) is 1.35. The Morgan fingerprint density at radius 3 is 2.33 bits per heavy atom. The van der Waals surface area contributed by atoms with E-state index in [-0.39, 0.29) is 23.4 Å². The summed E-state index contributed by atoms with van der Waals surface area (Å²) in [5, 5.41) is 3.41. The van der Waals surface area contributed by atoms with E-state index < -0.39 is 5.51 Å². The third-order valence-corrected chi connectivity index (χ3v) is 4.00. The number of hydrogen-bond donors (Lipinski definition) is 1. The molecule has 21 heavy (non-hydrogen) atoms. The molecule has 1 aromatic rings. The molecule has 0 aliphatic heterocycles. The third kappa shape index (κ3) is 9.04. The van der Waals surface area contributed by atoms with E-state index in [0.717, 1.165) is 19.5 Å². The van der Waals surface area contributed by atoms with Gasteiger partial charge in [-0.25, -0.2) is 0 Å². The molecule has 120 valence electrons. The van der Waals surface area contributed by atoms with Gasteiger partial charge in [0.05, 0.1) is 0 Å². The zero-order valence-electron chi connectivity index (χ0n) is 12.6. The first-order valence-electron chi connectivity index (χ1n) is 7.35. The monoisotopic (exact) mass is 319 g/mol. The lowest BCUT2D eigenvalue weighted by Crippen LogP contribution is -2.25. The second-order valence-corrected chi connectivity index (χ2v) is 6.76. The van der Waals surface area contributed by atoms with E-state index in [2.05, 4.69) is 31.3 Å². The molecule has 0 heterocycles. The minimum atomic E-state index is -4.11. The molecule has 0 saturated heterocycles. The molecule has 0 radical (unpaired) electrons. The SMILES string of the molecule is CC(C)CNCC(CCCSC(F)(F)F)c1ccccc1. The number of halogens is 3. The first kappa shape index (κ1) is 18.4. The van der Waals surface area contributed by atoms with Crippen molar-refractivity contribution in [2.75, 3.05) is 18.8 Å². The topological polar surface area (TPSA) is 12.0 Å². The van der Waals surface area contributed by atoms with Crippen LogP contribution in [0, 0.1) is 5.92 Å². The summed E-state index contributed by atoms with van der Waals surface area (Å²) < 4.78 is 36.4. The van der Waals surface area contributed by atoms with Crippen LogP contribution in [0.5, 0.6) is 0 Å². The highest BCUT2D eigenvalue weighted by molar-refractivity contribution is 8.00. The quantitative estimate of drug-likeness (QED) is 0.639. The summed E-state index contributed by atoms with van der Waals surface area (Å²) in [4.78, 5) is 0. The predicted octanol–water partition coefficient (Wildman–Crippen LogP) is 5.05. The second-order valence-electron chi connectivity index (χ2n) is 5.60. The van der Waals surface area contributed by atoms with Crippen molar-refractivity contribution in [1.29, 1.82) is 0 Å². The van der Waals surface area contributed by atoms with Gasteiger partial charge in [-0.3, -0.25) is 0 Å². The Labute approximate surface area is 129 Å². The van der Waals surface area contributed by atoms with Crippen molar-refractivity contribution in [3.05, 3.63) is 35.9 Å². The Kier molecular flexibility index (Phi) is 8.19. The predicted molar refractivity (Wildman–Crippen MR) is 84.6 cm³/mol. The molecule has 0 fully saturated rings. The van der Waals surface area contributed by atoms with Crippen LogP contribution in [0.25, 0.3) is 0 Å². The smallest absolute Gasteiger partial charge is 0.316 e. The number of hydrogen-bond acceptors (Lipinski definition) is 2. The Bertz CT molecular complexity index is 379. The fraction of sp³-hybridized carbons (Fsp3) is 0.625. The Morgan fingerprint density at radius 2 is 1.76 bits per heavy atom. The minimum Gasteiger partial charge on any atom is -0.316 e. The Hall–Kier alpha value is -0.680. The van der Waals surface area contributed by atoms with Crippen molar-refractivity contribution in [2.24, 2.45) is 5.92 Å². The molecule has 1 aromatic carbocycles. The van der Waals surface area contributed by atoms with Gasteiger partial charge in [-0.15, -0.1) is 0 Å². The van der Waals surface area contributed by atoms with E-state index >= 15 is 0 Å². The molecule has 1 N–H and O–H groups in total. The summed E-state index contributed by atoms with van der Waals surface area (Å²) in [6, 6.07) is 10.0. The Balaban J connectivity index is 2.45. The zero-order chi connectivity index (χ0) is 15.7. The van der Waals surface area contributed by atoms with Gasteiger partial charge in [0.1, 0.15) is 0 Å². The van der Waals surface area contributed by atoms with Gasteiger partial charge in [0.2, 0.25) is 0 Å². The number of nitrogens with one attached hydrogen (secondary N) is 1. The molecule has 5 heteroatoms. The van der Waals surface area contributed by atoms with Crippen LogP contribution >= 0.6 is 11.8 Å². The van der Waals surface area contributed by atoms with Crippen LogP contribution in [0.15, 0.2) is 30.3 Å². The largest absolute Gasteiger partial charge is 0.441 e. The van der Waals surface area contributed by atoms with Gasteiger partial charge < -0.3 is 5.32 Å². The molecule has 0 aliphatic carbocycles. The maximum atomic E-state index is 12.1. The fourth-order valence-corrected chi connectivity index (χ4v) is 2.72. The van der Waals surface area contributed by atoms with Crippen molar-refractivity contribution >= 4 is 11.8 Å². The van der Waals surface area contributed by atoms with Crippen LogP contribution in [0.4, 0.5) is 13.2 Å². The second kappa shape index (κ2) is 9.36. The average Bonchev–Trinajstić information content (AvgIpc) is 2.41. The lowest BCUT2D eigenvalue weighted by atomic mass is 9.94. The normalized spacial score (nSPS) is 13.6. The molecule has 1 atom stereocenters. The Morgan fingerprint density at radius 1 is 1.10 bits per heavy atom. The number of alkyl halides is 3. The highest BCUT2D eigenvalue weighted by atomic mass is 32.2. The molecular formula is C16H24F3NS. The highest BCUT2D eigenvalue weighted by Crippen LogP contribution is 2.32. The molecule has 1 nitrogen and oxygen atoms in total. The molecular weight excluding hydrogens is 295 g/mol. The van der Waals surface area contributed by atoms with E-state index in [9.17, 15) is 13.2 Å². The van der Waals surface area contributed by atoms with E-state index in [1.54, 1.807) is 0 Å². The fourth-order valence-electron chi connectivity index (χ4n) is 2.18. The van der Waals surface area contributed by atoms with Gasteiger partial charge in [0, 0.05) is 12.3 Å². The van der Waals surface area contributed by atoms with Crippen LogP contribution in [0.2, 0.25) is 0 Å². The maximum Gasteiger partial charge on any atom is 0.441 e. The van der Waals surface area contributed by atoms with Gasteiger partial charge >= 0.3 is 5.51 Å². The molecule has 0 aliphatic rings. The molecule has 0 spiro atoms. The van der Waals surface area contributed by atoms with Crippen LogP contribution in [-0.2, 0) is 0 Å². The van der Waals surface area contributed by atoms with E-state index in [4.69, 9.17) is 0 Å². The molecule has 1 unspecified atom stereocenters. The summed E-state index contributed by atoms with van der Waals surface area (Å²) in [5.74, 6) is 0.984. The maximum absolute atomic E-state index is 12.1. The van der Waals surface area contributed by atoms with Crippen LogP contribution in [0.3, 0.4) is 0 Å². The molecule has 0 amide bonds. The van der Waals surface area contributed by atoms with Gasteiger partial charge in [-0.05, 0) is 36.8 Å². The number of thioether (sulfide) groups is 1. The average molecular weight is 319 g/mol. The van der Waals surface area contributed by atoms with Crippen LogP contribution in [0.1, 0.15) is 38.2 Å². The molecule has 0 saturated carbocycles. The molecule has 0 bridgehead atoms. The van der Waals surface area contributed by atoms with Crippen molar-refractivity contribution in [1.82, 2.24) is 5.32 Å². The van der Waals surface area contributed by atoms with E-state index in [1.165, 1.54) is 5.56 Å². The van der Waals surface area contributed by atoms with Crippen LogP contribution < -0.4 is 5.32 Å². The summed E-state index contributed by atoms with van der Waals surface area (Å²) in [7, 11) is 0. The minimum absolute atomic E-state index is 0.0791. The van der Waals surface area contributed by atoms with Crippen LogP contribution in [-0.4, -0.2) is 24.4 Å². The lowest BCUT2D eigenvalue weighted by molar-refractivity contribution is -0.0328. The van der Waals surface area contributed by atoms with E-state index in [0.29, 0.717) is 12.3 Å². The van der Waals surface area contributed by atoms with Gasteiger partial charge in [0.25, 0.3) is 0 Å². The molecule has 1 rings (SSSR count). The van der Waals surface area contributed by atoms with Crippen molar-refractivity contribution in [3.63, 3.8) is 0 Å². The standard InChI is InChI=1S/C16H24F3NS/c1-13(2)11-20-12-15(14-7-4-3-5-8-14)9-6-10-21-16(17,18)19/h3-5,7-8,13,15,20H,6,9-12H2,1-2H3. The lowest BCUT2D eigenvalue weighted by Gasteiger charge is -2.19. The number of benzene rings is 1.